The molecule has 0 bridgehead atoms. The van der Waals surface area contributed by atoms with Crippen molar-refractivity contribution >= 4 is 17.2 Å². The molecule has 1 saturated heterocycles. The van der Waals surface area contributed by atoms with Gasteiger partial charge in [-0.3, -0.25) is 4.79 Å². The Labute approximate surface area is 171 Å². The first kappa shape index (κ1) is 17.8. The molecule has 29 heavy (non-hydrogen) atoms. The summed E-state index contributed by atoms with van der Waals surface area (Å²) in [7, 11) is 0. The zero-order valence-electron chi connectivity index (χ0n) is 15.5. The Kier molecular flexibility index (Phi) is 4.69. The standard InChI is InChI=1S/C21H18N4O3S/c26-21(16-13-29-20(22-16)15-5-2-1-3-6-15)25-10-8-14(9-11-25)18-23-24-19(28-18)17-7-4-12-27-17/h1-7,12-14H,8-11H2. The number of piperidine rings is 1. The topological polar surface area (TPSA) is 85.3 Å². The molecule has 0 atom stereocenters. The van der Waals surface area contributed by atoms with E-state index in [-0.39, 0.29) is 11.8 Å². The summed E-state index contributed by atoms with van der Waals surface area (Å²) in [6.07, 6.45) is 3.13. The number of amides is 1. The van der Waals surface area contributed by atoms with E-state index in [1.165, 1.54) is 11.3 Å². The van der Waals surface area contributed by atoms with Crippen LogP contribution in [-0.4, -0.2) is 39.1 Å². The molecule has 4 heterocycles. The number of nitrogens with zero attached hydrogens (tertiary/aromatic N) is 4. The molecule has 0 N–H and O–H groups in total. The van der Waals surface area contributed by atoms with Crippen LogP contribution >= 0.6 is 11.3 Å². The van der Waals surface area contributed by atoms with Crippen LogP contribution in [0.1, 0.15) is 35.1 Å². The quantitative estimate of drug-likeness (QED) is 0.497. The first-order chi connectivity index (χ1) is 14.3. The Morgan fingerprint density at radius 2 is 1.90 bits per heavy atom. The van der Waals surface area contributed by atoms with Gasteiger partial charge < -0.3 is 13.7 Å². The minimum Gasteiger partial charge on any atom is -0.459 e. The van der Waals surface area contributed by atoms with Crippen LogP contribution in [0.3, 0.4) is 0 Å². The van der Waals surface area contributed by atoms with E-state index in [0.717, 1.165) is 23.4 Å². The molecule has 5 rings (SSSR count). The summed E-state index contributed by atoms with van der Waals surface area (Å²) >= 11 is 1.49. The van der Waals surface area contributed by atoms with Crippen molar-refractivity contribution in [3.63, 3.8) is 0 Å². The van der Waals surface area contributed by atoms with Crippen molar-refractivity contribution in [1.29, 1.82) is 0 Å². The van der Waals surface area contributed by atoms with E-state index in [2.05, 4.69) is 15.2 Å². The lowest BCUT2D eigenvalue weighted by molar-refractivity contribution is 0.0701. The maximum atomic E-state index is 12.9. The molecule has 4 aromatic rings. The van der Waals surface area contributed by atoms with Crippen molar-refractivity contribution < 1.29 is 13.6 Å². The molecule has 0 unspecified atom stereocenters. The van der Waals surface area contributed by atoms with Crippen molar-refractivity contribution in [2.75, 3.05) is 13.1 Å². The van der Waals surface area contributed by atoms with Crippen LogP contribution in [0.5, 0.6) is 0 Å². The van der Waals surface area contributed by atoms with Gasteiger partial charge in [-0.1, -0.05) is 30.3 Å². The van der Waals surface area contributed by atoms with Gasteiger partial charge in [0.2, 0.25) is 5.89 Å². The highest BCUT2D eigenvalue weighted by molar-refractivity contribution is 7.13. The van der Waals surface area contributed by atoms with E-state index in [9.17, 15) is 4.79 Å². The number of furan rings is 1. The van der Waals surface area contributed by atoms with Crippen molar-refractivity contribution in [3.8, 4) is 22.2 Å². The predicted molar refractivity (Wildman–Crippen MR) is 107 cm³/mol. The summed E-state index contributed by atoms with van der Waals surface area (Å²) in [5.74, 6) is 1.67. The molecule has 1 aromatic carbocycles. The van der Waals surface area contributed by atoms with Crippen molar-refractivity contribution in [1.82, 2.24) is 20.1 Å². The van der Waals surface area contributed by atoms with E-state index in [4.69, 9.17) is 8.83 Å². The highest BCUT2D eigenvalue weighted by Gasteiger charge is 2.29. The average molecular weight is 406 g/mol. The normalized spacial score (nSPS) is 15.0. The Morgan fingerprint density at radius 1 is 1.07 bits per heavy atom. The SMILES string of the molecule is O=C(c1csc(-c2ccccc2)n1)N1CCC(c2nnc(-c3ccco3)o2)CC1. The molecular formula is C21H18N4O3S. The van der Waals surface area contributed by atoms with Crippen LogP contribution in [0.2, 0.25) is 0 Å². The number of hydrogen-bond donors (Lipinski definition) is 0. The van der Waals surface area contributed by atoms with Crippen LogP contribution in [0.25, 0.3) is 22.2 Å². The molecule has 8 heteroatoms. The van der Waals surface area contributed by atoms with Gasteiger partial charge in [-0.15, -0.1) is 21.5 Å². The van der Waals surface area contributed by atoms with Crippen LogP contribution in [0, 0.1) is 0 Å². The van der Waals surface area contributed by atoms with Crippen LogP contribution in [0.15, 0.2) is 62.9 Å². The molecule has 146 valence electrons. The third-order valence-electron chi connectivity index (χ3n) is 5.05. The van der Waals surface area contributed by atoms with E-state index < -0.39 is 0 Å². The number of rotatable bonds is 4. The first-order valence-electron chi connectivity index (χ1n) is 9.45. The smallest absolute Gasteiger partial charge is 0.283 e. The second-order valence-electron chi connectivity index (χ2n) is 6.89. The maximum absolute atomic E-state index is 12.9. The second kappa shape index (κ2) is 7.63. The molecule has 1 fully saturated rings. The van der Waals surface area contributed by atoms with Crippen molar-refractivity contribution in [2.24, 2.45) is 0 Å². The van der Waals surface area contributed by atoms with Gasteiger partial charge in [-0.05, 0) is 25.0 Å². The Bertz CT molecular complexity index is 1100. The van der Waals surface area contributed by atoms with Crippen LogP contribution in [0.4, 0.5) is 0 Å². The summed E-state index contributed by atoms with van der Waals surface area (Å²) in [6, 6.07) is 13.5. The van der Waals surface area contributed by atoms with Gasteiger partial charge in [-0.2, -0.15) is 0 Å². The van der Waals surface area contributed by atoms with Gasteiger partial charge >= 0.3 is 0 Å². The number of carbonyl (C=O) groups excluding carboxylic acids is 1. The fourth-order valence-corrected chi connectivity index (χ4v) is 4.28. The number of hydrogen-bond acceptors (Lipinski definition) is 7. The number of aromatic nitrogens is 3. The summed E-state index contributed by atoms with van der Waals surface area (Å²) in [6.45, 7) is 1.28. The lowest BCUT2D eigenvalue weighted by Gasteiger charge is -2.29. The lowest BCUT2D eigenvalue weighted by atomic mass is 9.96. The second-order valence-corrected chi connectivity index (χ2v) is 7.75. The molecule has 7 nitrogen and oxygen atoms in total. The lowest BCUT2D eigenvalue weighted by Crippen LogP contribution is -2.38. The molecule has 1 aliphatic rings. The number of carbonyl (C=O) groups is 1. The Balaban J connectivity index is 1.23. The monoisotopic (exact) mass is 406 g/mol. The van der Waals surface area contributed by atoms with Crippen molar-refractivity contribution in [2.45, 2.75) is 18.8 Å². The average Bonchev–Trinajstić information content (AvgIpc) is 3.55. The highest BCUT2D eigenvalue weighted by Crippen LogP contribution is 2.30. The van der Waals surface area contributed by atoms with Crippen LogP contribution in [-0.2, 0) is 0 Å². The third kappa shape index (κ3) is 3.58. The number of benzene rings is 1. The first-order valence-corrected chi connectivity index (χ1v) is 10.3. The minimum atomic E-state index is -0.0244. The van der Waals surface area contributed by atoms with Crippen molar-refractivity contribution in [3.05, 3.63) is 65.7 Å². The summed E-state index contributed by atoms with van der Waals surface area (Å²) in [5, 5.41) is 10.9. The predicted octanol–water partition coefficient (Wildman–Crippen LogP) is 4.47. The van der Waals surface area contributed by atoms with E-state index in [1.54, 1.807) is 18.4 Å². The zero-order valence-corrected chi connectivity index (χ0v) is 16.3. The molecule has 0 radical (unpaired) electrons. The largest absolute Gasteiger partial charge is 0.459 e. The fourth-order valence-electron chi connectivity index (χ4n) is 3.48. The minimum absolute atomic E-state index is 0.0244. The molecule has 1 amide bonds. The Hall–Kier alpha value is -3.26. The van der Waals surface area contributed by atoms with Gasteiger partial charge in [0, 0.05) is 30.0 Å². The van der Waals surface area contributed by atoms with Gasteiger partial charge in [0.1, 0.15) is 10.7 Å². The molecule has 1 aliphatic heterocycles. The summed E-state index contributed by atoms with van der Waals surface area (Å²) in [5.41, 5.74) is 1.53. The number of thiazole rings is 1. The van der Waals surface area contributed by atoms with Crippen LogP contribution < -0.4 is 0 Å². The van der Waals surface area contributed by atoms with Gasteiger partial charge in [0.25, 0.3) is 11.8 Å². The van der Waals surface area contributed by atoms with Gasteiger partial charge in [0.15, 0.2) is 5.76 Å². The number of likely N-dealkylation sites (tertiary alicyclic amines) is 1. The summed E-state index contributed by atoms with van der Waals surface area (Å²) < 4.78 is 11.1. The molecule has 0 aliphatic carbocycles. The molecule has 0 saturated carbocycles. The Morgan fingerprint density at radius 3 is 2.66 bits per heavy atom. The fraction of sp³-hybridized carbons (Fsp3) is 0.238. The highest BCUT2D eigenvalue weighted by atomic mass is 32.1. The van der Waals surface area contributed by atoms with E-state index in [0.29, 0.717) is 36.3 Å². The zero-order chi connectivity index (χ0) is 19.6. The summed E-state index contributed by atoms with van der Waals surface area (Å²) in [4.78, 5) is 19.2. The van der Waals surface area contributed by atoms with Gasteiger partial charge in [0.05, 0.1) is 6.26 Å². The van der Waals surface area contributed by atoms with E-state index in [1.807, 2.05) is 40.6 Å². The molecule has 0 spiro atoms. The molecular weight excluding hydrogens is 388 g/mol. The maximum Gasteiger partial charge on any atom is 0.283 e. The van der Waals surface area contributed by atoms with Gasteiger partial charge in [-0.25, -0.2) is 4.98 Å². The van der Waals surface area contributed by atoms with E-state index >= 15 is 0 Å². The third-order valence-corrected chi connectivity index (χ3v) is 5.94. The molecule has 3 aromatic heterocycles.